The second-order valence-electron chi connectivity index (χ2n) is 5.64. The van der Waals surface area contributed by atoms with Crippen molar-refractivity contribution in [3.05, 3.63) is 29.6 Å². The summed E-state index contributed by atoms with van der Waals surface area (Å²) >= 11 is 0. The molecule has 7 heteroatoms. The van der Waals surface area contributed by atoms with Crippen LogP contribution in [0.2, 0.25) is 0 Å². The average Bonchev–Trinajstić information content (AvgIpc) is 2.96. The maximum Gasteiger partial charge on any atom is 0.222 e. The molecule has 2 heterocycles. The number of hydrogen-bond acceptors (Lipinski definition) is 6. The second-order valence-corrected chi connectivity index (χ2v) is 5.64. The number of hydrogen-bond donors (Lipinski definition) is 1. The molecule has 1 aliphatic heterocycles. The summed E-state index contributed by atoms with van der Waals surface area (Å²) in [4.78, 5) is 4.50. The molecule has 1 aromatic carbocycles. The van der Waals surface area contributed by atoms with E-state index in [1.807, 2.05) is 22.9 Å². The molecule has 124 valence electrons. The Labute approximate surface area is 135 Å². The first-order chi connectivity index (χ1) is 11.2. The number of nitrogens with one attached hydrogen (secondary N) is 1. The Bertz CT molecular complexity index is 686. The van der Waals surface area contributed by atoms with Crippen molar-refractivity contribution in [3.8, 4) is 11.5 Å². The van der Waals surface area contributed by atoms with Gasteiger partial charge in [-0.1, -0.05) is 6.07 Å². The van der Waals surface area contributed by atoms with Gasteiger partial charge in [-0.05, 0) is 31.0 Å². The third-order valence-electron chi connectivity index (χ3n) is 3.99. The van der Waals surface area contributed by atoms with Crippen molar-refractivity contribution in [3.63, 3.8) is 0 Å². The first-order valence-electron chi connectivity index (χ1n) is 7.59. The highest BCUT2D eigenvalue weighted by atomic mass is 16.5. The molecule has 7 nitrogen and oxygen atoms in total. The van der Waals surface area contributed by atoms with Crippen molar-refractivity contribution < 1.29 is 14.2 Å². The molecular weight excluding hydrogens is 296 g/mol. The molecule has 0 unspecified atom stereocenters. The van der Waals surface area contributed by atoms with Gasteiger partial charge in [-0.15, -0.1) is 0 Å². The van der Waals surface area contributed by atoms with Crippen LogP contribution in [-0.2, 0) is 11.3 Å². The van der Waals surface area contributed by atoms with E-state index in [1.54, 1.807) is 21.3 Å². The van der Waals surface area contributed by atoms with Crippen LogP contribution >= 0.6 is 0 Å². The van der Waals surface area contributed by atoms with Crippen LogP contribution in [0.4, 0.5) is 5.95 Å². The minimum Gasteiger partial charge on any atom is -0.493 e. The first-order valence-corrected chi connectivity index (χ1v) is 7.59. The van der Waals surface area contributed by atoms with Crippen LogP contribution in [-0.4, -0.2) is 42.1 Å². The Balaban J connectivity index is 2.00. The number of ether oxygens (including phenoxy) is 3. The largest absolute Gasteiger partial charge is 0.493 e. The Morgan fingerprint density at radius 2 is 2.00 bits per heavy atom. The highest BCUT2D eigenvalue weighted by molar-refractivity contribution is 5.45. The Morgan fingerprint density at radius 1 is 1.22 bits per heavy atom. The normalized spacial score (nSPS) is 19.8. The summed E-state index contributed by atoms with van der Waals surface area (Å²) in [5.41, 5.74) is 1.12. The van der Waals surface area contributed by atoms with Crippen molar-refractivity contribution in [1.82, 2.24) is 14.8 Å². The second kappa shape index (κ2) is 6.45. The van der Waals surface area contributed by atoms with Crippen molar-refractivity contribution >= 4 is 5.95 Å². The number of fused-ring (bicyclic) bond motifs is 1. The molecule has 0 fully saturated rings. The summed E-state index contributed by atoms with van der Waals surface area (Å²) in [5, 5.41) is 7.94. The Hall–Kier alpha value is -2.28. The molecule has 2 aromatic rings. The van der Waals surface area contributed by atoms with Crippen LogP contribution < -0.4 is 14.8 Å². The monoisotopic (exact) mass is 318 g/mol. The van der Waals surface area contributed by atoms with Gasteiger partial charge in [0.25, 0.3) is 0 Å². The van der Waals surface area contributed by atoms with E-state index in [2.05, 4.69) is 22.3 Å². The smallest absolute Gasteiger partial charge is 0.222 e. The van der Waals surface area contributed by atoms with E-state index in [0.29, 0.717) is 18.5 Å². The van der Waals surface area contributed by atoms with E-state index in [0.717, 1.165) is 29.4 Å². The SMILES string of the molecule is COCc1nc2n(n1)[C@H](c1ccc(OC)c(OC)c1)C[C@@H](C)N2. The Kier molecular flexibility index (Phi) is 4.38. The lowest BCUT2D eigenvalue weighted by molar-refractivity contribution is 0.177. The van der Waals surface area contributed by atoms with Crippen molar-refractivity contribution in [2.45, 2.75) is 32.0 Å². The van der Waals surface area contributed by atoms with Gasteiger partial charge >= 0.3 is 0 Å². The minimum absolute atomic E-state index is 0.0964. The molecule has 2 atom stereocenters. The number of rotatable bonds is 5. The predicted molar refractivity (Wildman–Crippen MR) is 86.1 cm³/mol. The standard InChI is InChI=1S/C16H22N4O3/c1-10-7-12(11-5-6-13(22-3)14(8-11)23-4)20-16(17-10)18-15(19-20)9-21-2/h5-6,8,10,12H,7,9H2,1-4H3,(H,17,18,19)/t10-,12+/m1/s1. The topological polar surface area (TPSA) is 70.4 Å². The van der Waals surface area contributed by atoms with Gasteiger partial charge in [0.1, 0.15) is 6.61 Å². The quantitative estimate of drug-likeness (QED) is 0.911. The van der Waals surface area contributed by atoms with Gasteiger partial charge in [-0.3, -0.25) is 0 Å². The van der Waals surface area contributed by atoms with Gasteiger partial charge in [-0.2, -0.15) is 10.1 Å². The summed E-state index contributed by atoms with van der Waals surface area (Å²) < 4.78 is 17.8. The maximum absolute atomic E-state index is 5.42. The lowest BCUT2D eigenvalue weighted by Gasteiger charge is -2.29. The molecule has 0 bridgehead atoms. The zero-order chi connectivity index (χ0) is 16.4. The third kappa shape index (κ3) is 2.96. The summed E-state index contributed by atoms with van der Waals surface area (Å²) in [5.74, 6) is 2.89. The molecule has 23 heavy (non-hydrogen) atoms. The van der Waals surface area contributed by atoms with Gasteiger partial charge < -0.3 is 19.5 Å². The van der Waals surface area contributed by atoms with Gasteiger partial charge in [0, 0.05) is 13.2 Å². The average molecular weight is 318 g/mol. The lowest BCUT2D eigenvalue weighted by Crippen LogP contribution is -2.31. The fourth-order valence-electron chi connectivity index (χ4n) is 2.92. The molecule has 1 N–H and O–H groups in total. The number of anilines is 1. The molecule has 1 aromatic heterocycles. The molecule has 0 amide bonds. The van der Waals surface area contributed by atoms with E-state index < -0.39 is 0 Å². The van der Waals surface area contributed by atoms with Crippen molar-refractivity contribution in [2.75, 3.05) is 26.6 Å². The highest BCUT2D eigenvalue weighted by Gasteiger charge is 2.28. The molecule has 0 saturated carbocycles. The summed E-state index contributed by atoms with van der Waals surface area (Å²) in [6.07, 6.45) is 0.915. The minimum atomic E-state index is 0.0964. The van der Waals surface area contributed by atoms with E-state index >= 15 is 0 Å². The fourth-order valence-corrected chi connectivity index (χ4v) is 2.92. The lowest BCUT2D eigenvalue weighted by atomic mass is 9.98. The van der Waals surface area contributed by atoms with Crippen LogP contribution in [0.25, 0.3) is 0 Å². The van der Waals surface area contributed by atoms with Gasteiger partial charge in [0.05, 0.1) is 20.3 Å². The maximum atomic E-state index is 5.42. The summed E-state index contributed by atoms with van der Waals surface area (Å²) in [6, 6.07) is 6.38. The molecule has 0 spiro atoms. The van der Waals surface area contributed by atoms with E-state index in [4.69, 9.17) is 14.2 Å². The highest BCUT2D eigenvalue weighted by Crippen LogP contribution is 2.36. The first kappa shape index (κ1) is 15.6. The van der Waals surface area contributed by atoms with Crippen LogP contribution in [0.15, 0.2) is 18.2 Å². The zero-order valence-electron chi connectivity index (χ0n) is 13.9. The van der Waals surface area contributed by atoms with Crippen LogP contribution in [0.5, 0.6) is 11.5 Å². The van der Waals surface area contributed by atoms with E-state index in [-0.39, 0.29) is 6.04 Å². The molecule has 3 rings (SSSR count). The molecule has 1 aliphatic rings. The van der Waals surface area contributed by atoms with Crippen molar-refractivity contribution in [2.24, 2.45) is 0 Å². The van der Waals surface area contributed by atoms with Gasteiger partial charge in [-0.25, -0.2) is 4.68 Å². The molecular formula is C16H22N4O3. The molecule has 0 aliphatic carbocycles. The van der Waals surface area contributed by atoms with Crippen LogP contribution in [0, 0.1) is 0 Å². The molecule has 0 saturated heterocycles. The third-order valence-corrected chi connectivity index (χ3v) is 3.99. The Morgan fingerprint density at radius 3 is 2.70 bits per heavy atom. The zero-order valence-corrected chi connectivity index (χ0v) is 13.9. The molecule has 0 radical (unpaired) electrons. The number of benzene rings is 1. The predicted octanol–water partition coefficient (Wildman–Crippen LogP) is 2.24. The van der Waals surface area contributed by atoms with E-state index in [1.165, 1.54) is 0 Å². The fraction of sp³-hybridized carbons (Fsp3) is 0.500. The number of methoxy groups -OCH3 is 3. The van der Waals surface area contributed by atoms with Crippen LogP contribution in [0.3, 0.4) is 0 Å². The summed E-state index contributed by atoms with van der Waals surface area (Å²) in [6.45, 7) is 2.54. The number of nitrogens with zero attached hydrogens (tertiary/aromatic N) is 3. The van der Waals surface area contributed by atoms with E-state index in [9.17, 15) is 0 Å². The van der Waals surface area contributed by atoms with Gasteiger partial charge in [0.15, 0.2) is 17.3 Å². The van der Waals surface area contributed by atoms with Crippen LogP contribution in [0.1, 0.15) is 30.8 Å². The van der Waals surface area contributed by atoms with Gasteiger partial charge in [0.2, 0.25) is 5.95 Å². The summed E-state index contributed by atoms with van der Waals surface area (Å²) in [7, 11) is 4.92. The van der Waals surface area contributed by atoms with Crippen molar-refractivity contribution in [1.29, 1.82) is 0 Å². The number of aromatic nitrogens is 3.